The van der Waals surface area contributed by atoms with E-state index in [2.05, 4.69) is 10.1 Å². The highest BCUT2D eigenvalue weighted by molar-refractivity contribution is 5.97. The van der Waals surface area contributed by atoms with Crippen LogP contribution in [0.5, 0.6) is 5.75 Å². The molecule has 0 radical (unpaired) electrons. The molecule has 0 aliphatic carbocycles. The van der Waals surface area contributed by atoms with Crippen LogP contribution in [-0.2, 0) is 6.42 Å². The van der Waals surface area contributed by atoms with Gasteiger partial charge in [0.2, 0.25) is 0 Å². The lowest BCUT2D eigenvalue weighted by Gasteiger charge is -2.01. The lowest BCUT2D eigenvalue weighted by Crippen LogP contribution is -2.05. The summed E-state index contributed by atoms with van der Waals surface area (Å²) in [5.74, 6) is 1.16. The third kappa shape index (κ3) is 2.89. The number of furan rings is 1. The van der Waals surface area contributed by atoms with E-state index in [9.17, 15) is 4.79 Å². The van der Waals surface area contributed by atoms with E-state index in [0.717, 1.165) is 11.3 Å². The Morgan fingerprint density at radius 3 is 2.72 bits per heavy atom. The van der Waals surface area contributed by atoms with Crippen molar-refractivity contribution in [1.82, 2.24) is 14.6 Å². The molecule has 6 heteroatoms. The number of aromatic nitrogens is 3. The fraction of sp³-hybridized carbons (Fsp3) is 0.105. The molecule has 0 saturated carbocycles. The zero-order chi connectivity index (χ0) is 17.2. The number of pyridine rings is 1. The van der Waals surface area contributed by atoms with Crippen molar-refractivity contribution in [2.45, 2.75) is 6.42 Å². The van der Waals surface area contributed by atoms with Crippen molar-refractivity contribution in [3.05, 3.63) is 72.4 Å². The van der Waals surface area contributed by atoms with Crippen LogP contribution >= 0.6 is 0 Å². The van der Waals surface area contributed by atoms with Gasteiger partial charge in [0.15, 0.2) is 17.3 Å². The lowest BCUT2D eigenvalue weighted by molar-refractivity contribution is 0.0991. The number of carbonyl (C=O) groups excluding carboxylic acids is 1. The number of ketones is 1. The van der Waals surface area contributed by atoms with Gasteiger partial charge in [-0.25, -0.2) is 9.50 Å². The lowest BCUT2D eigenvalue weighted by atomic mass is 10.1. The Hall–Kier alpha value is -3.41. The van der Waals surface area contributed by atoms with Crippen molar-refractivity contribution in [2.75, 3.05) is 7.11 Å². The van der Waals surface area contributed by atoms with E-state index < -0.39 is 0 Å². The van der Waals surface area contributed by atoms with Crippen LogP contribution in [0.25, 0.3) is 16.9 Å². The van der Waals surface area contributed by atoms with Gasteiger partial charge in [-0.15, -0.1) is 0 Å². The highest BCUT2D eigenvalue weighted by Gasteiger charge is 2.14. The van der Waals surface area contributed by atoms with Crippen LogP contribution in [-0.4, -0.2) is 27.5 Å². The van der Waals surface area contributed by atoms with Crippen LogP contribution in [0, 0.1) is 0 Å². The summed E-state index contributed by atoms with van der Waals surface area (Å²) in [5.41, 5.74) is 3.07. The molecular weight excluding hydrogens is 318 g/mol. The van der Waals surface area contributed by atoms with E-state index in [0.29, 0.717) is 22.8 Å². The molecule has 0 aliphatic heterocycles. The Morgan fingerprint density at radius 2 is 2.00 bits per heavy atom. The fourth-order valence-electron chi connectivity index (χ4n) is 2.68. The predicted molar refractivity (Wildman–Crippen MR) is 91.7 cm³/mol. The zero-order valence-corrected chi connectivity index (χ0v) is 13.5. The third-order valence-electron chi connectivity index (χ3n) is 3.95. The van der Waals surface area contributed by atoms with Gasteiger partial charge >= 0.3 is 0 Å². The molecule has 0 fully saturated rings. The number of hydrogen-bond donors (Lipinski definition) is 0. The Bertz CT molecular complexity index is 1020. The maximum absolute atomic E-state index is 12.5. The van der Waals surface area contributed by atoms with Crippen molar-refractivity contribution >= 4 is 11.4 Å². The van der Waals surface area contributed by atoms with E-state index in [1.165, 1.54) is 0 Å². The Kier molecular flexibility index (Phi) is 3.78. The van der Waals surface area contributed by atoms with Gasteiger partial charge in [0.1, 0.15) is 5.75 Å². The molecule has 0 spiro atoms. The molecular formula is C19H15N3O3. The number of ether oxygens (including phenoxy) is 1. The smallest absolute Gasteiger partial charge is 0.170 e. The van der Waals surface area contributed by atoms with Crippen LogP contribution in [0.2, 0.25) is 0 Å². The maximum Gasteiger partial charge on any atom is 0.170 e. The third-order valence-corrected chi connectivity index (χ3v) is 3.95. The first-order valence-corrected chi connectivity index (χ1v) is 7.79. The minimum absolute atomic E-state index is 0.0385. The summed E-state index contributed by atoms with van der Waals surface area (Å²) in [6.45, 7) is 0. The van der Waals surface area contributed by atoms with Gasteiger partial charge in [-0.2, -0.15) is 5.10 Å². The van der Waals surface area contributed by atoms with Gasteiger partial charge in [0.05, 0.1) is 31.8 Å². The summed E-state index contributed by atoms with van der Waals surface area (Å²) in [6, 6.07) is 14.6. The fourth-order valence-corrected chi connectivity index (χ4v) is 2.68. The van der Waals surface area contributed by atoms with Gasteiger partial charge in [-0.05, 0) is 42.5 Å². The zero-order valence-electron chi connectivity index (χ0n) is 13.5. The van der Waals surface area contributed by atoms with Gasteiger partial charge in [-0.3, -0.25) is 4.79 Å². The van der Waals surface area contributed by atoms with Crippen molar-refractivity contribution in [1.29, 1.82) is 0 Å². The average Bonchev–Trinajstić information content (AvgIpc) is 3.30. The molecule has 0 aliphatic rings. The molecule has 6 nitrogen and oxygen atoms in total. The van der Waals surface area contributed by atoms with Gasteiger partial charge in [-0.1, -0.05) is 6.07 Å². The highest BCUT2D eigenvalue weighted by Crippen LogP contribution is 2.20. The first-order valence-electron chi connectivity index (χ1n) is 7.79. The molecule has 0 N–H and O–H groups in total. The first-order chi connectivity index (χ1) is 12.2. The summed E-state index contributed by atoms with van der Waals surface area (Å²) in [4.78, 5) is 16.9. The van der Waals surface area contributed by atoms with E-state index in [1.807, 2.05) is 24.3 Å². The second-order valence-corrected chi connectivity index (χ2v) is 5.55. The molecule has 4 aromatic rings. The SMILES string of the molecule is COc1ccc(C(=O)Cc2nc3cccc(-c4ccoc4)n3n2)cc1. The molecule has 3 heterocycles. The molecule has 124 valence electrons. The maximum atomic E-state index is 12.5. The Morgan fingerprint density at radius 1 is 1.16 bits per heavy atom. The number of methoxy groups -OCH3 is 1. The quantitative estimate of drug-likeness (QED) is 0.523. The molecule has 0 bridgehead atoms. The predicted octanol–water partition coefficient (Wildman–Crippen LogP) is 3.42. The highest BCUT2D eigenvalue weighted by atomic mass is 16.5. The van der Waals surface area contributed by atoms with Crippen LogP contribution < -0.4 is 4.74 Å². The van der Waals surface area contributed by atoms with Crippen molar-refractivity contribution in [2.24, 2.45) is 0 Å². The first kappa shape index (κ1) is 15.1. The average molecular weight is 333 g/mol. The molecule has 0 saturated heterocycles. The standard InChI is InChI=1S/C19H15N3O3/c1-24-15-7-5-13(6-8-15)17(23)11-18-20-19-4-2-3-16(22(19)21-18)14-9-10-25-12-14/h2-10,12H,11H2,1H3. The summed E-state index contributed by atoms with van der Waals surface area (Å²) in [6.07, 6.45) is 3.40. The number of carbonyl (C=O) groups is 1. The number of Topliss-reactive ketones (excluding diaryl/α,β-unsaturated/α-hetero) is 1. The largest absolute Gasteiger partial charge is 0.497 e. The topological polar surface area (TPSA) is 69.6 Å². The van der Waals surface area contributed by atoms with Gasteiger partial charge in [0, 0.05) is 11.1 Å². The number of hydrogen-bond acceptors (Lipinski definition) is 5. The molecule has 25 heavy (non-hydrogen) atoms. The Balaban J connectivity index is 1.63. The van der Waals surface area contributed by atoms with Crippen LogP contribution in [0.15, 0.2) is 65.5 Å². The molecule has 3 aromatic heterocycles. The monoisotopic (exact) mass is 333 g/mol. The van der Waals surface area contributed by atoms with Crippen LogP contribution in [0.4, 0.5) is 0 Å². The van der Waals surface area contributed by atoms with E-state index >= 15 is 0 Å². The molecule has 0 amide bonds. The van der Waals surface area contributed by atoms with Gasteiger partial charge in [0.25, 0.3) is 0 Å². The summed E-state index contributed by atoms with van der Waals surface area (Å²) < 4.78 is 12.0. The van der Waals surface area contributed by atoms with Crippen molar-refractivity contribution < 1.29 is 13.9 Å². The molecule has 0 unspecified atom stereocenters. The number of benzene rings is 1. The molecule has 0 atom stereocenters. The van der Waals surface area contributed by atoms with E-state index in [1.54, 1.807) is 48.4 Å². The Labute approximate surface area is 143 Å². The van der Waals surface area contributed by atoms with Crippen molar-refractivity contribution in [3.63, 3.8) is 0 Å². The second-order valence-electron chi connectivity index (χ2n) is 5.55. The van der Waals surface area contributed by atoms with Crippen molar-refractivity contribution in [3.8, 4) is 17.0 Å². The molecule has 1 aromatic carbocycles. The minimum Gasteiger partial charge on any atom is -0.497 e. The summed E-state index contributed by atoms with van der Waals surface area (Å²) in [5, 5.41) is 4.49. The van der Waals surface area contributed by atoms with Crippen LogP contribution in [0.3, 0.4) is 0 Å². The van der Waals surface area contributed by atoms with E-state index in [-0.39, 0.29) is 12.2 Å². The summed E-state index contributed by atoms with van der Waals surface area (Å²) >= 11 is 0. The number of fused-ring (bicyclic) bond motifs is 1. The van der Waals surface area contributed by atoms with Gasteiger partial charge < -0.3 is 9.15 Å². The van der Waals surface area contributed by atoms with Crippen LogP contribution in [0.1, 0.15) is 16.2 Å². The number of rotatable bonds is 5. The number of nitrogens with zero attached hydrogens (tertiary/aromatic N) is 3. The summed E-state index contributed by atoms with van der Waals surface area (Å²) in [7, 11) is 1.59. The normalized spacial score (nSPS) is 10.9. The minimum atomic E-state index is -0.0385. The second kappa shape index (κ2) is 6.24. The van der Waals surface area contributed by atoms with E-state index in [4.69, 9.17) is 9.15 Å². The molecule has 4 rings (SSSR count).